The molecule has 26 heavy (non-hydrogen) atoms. The fourth-order valence-corrected chi connectivity index (χ4v) is 3.56. The van der Waals surface area contributed by atoms with Gasteiger partial charge >= 0.3 is 0 Å². The summed E-state index contributed by atoms with van der Waals surface area (Å²) in [6, 6.07) is 9.83. The van der Waals surface area contributed by atoms with Gasteiger partial charge in [0.25, 0.3) is 5.56 Å². The summed E-state index contributed by atoms with van der Waals surface area (Å²) in [4.78, 5) is 16.8. The molecule has 2 heterocycles. The first-order valence-electron chi connectivity index (χ1n) is 8.58. The van der Waals surface area contributed by atoms with Crippen LogP contribution in [0, 0.1) is 6.92 Å². The number of thiazole rings is 1. The molecule has 3 rings (SSSR count). The molecule has 4 nitrogen and oxygen atoms in total. The largest absolute Gasteiger partial charge is 0.496 e. The van der Waals surface area contributed by atoms with E-state index in [9.17, 15) is 4.79 Å². The van der Waals surface area contributed by atoms with Crippen LogP contribution in [0.25, 0.3) is 11.3 Å². The molecule has 0 radical (unpaired) electrons. The van der Waals surface area contributed by atoms with Gasteiger partial charge in [0.05, 0.1) is 19.3 Å². The summed E-state index contributed by atoms with van der Waals surface area (Å²) in [5.41, 5.74) is 4.11. The number of ether oxygens (including phenoxy) is 1. The molecule has 0 fully saturated rings. The topological polar surface area (TPSA) is 44.1 Å². The molecule has 136 valence electrons. The lowest BCUT2D eigenvalue weighted by Gasteiger charge is -2.20. The van der Waals surface area contributed by atoms with E-state index in [1.165, 1.54) is 5.56 Å². The first-order chi connectivity index (χ1) is 12.3. The molecule has 1 aromatic carbocycles. The van der Waals surface area contributed by atoms with Gasteiger partial charge in [0.15, 0.2) is 0 Å². The second-order valence-electron chi connectivity index (χ2n) is 7.46. The van der Waals surface area contributed by atoms with Crippen molar-refractivity contribution in [3.05, 3.63) is 68.4 Å². The predicted octanol–water partition coefficient (Wildman–Crippen LogP) is 4.63. The Kier molecular flexibility index (Phi) is 5.01. The molecule has 0 N–H and O–H groups in total. The third-order valence-corrected chi connectivity index (χ3v) is 5.18. The molecule has 0 saturated carbocycles. The van der Waals surface area contributed by atoms with Crippen molar-refractivity contribution >= 4 is 11.3 Å². The Hall–Kier alpha value is -2.40. The fourth-order valence-electron chi connectivity index (χ4n) is 2.77. The first-order valence-corrected chi connectivity index (χ1v) is 9.46. The zero-order valence-electron chi connectivity index (χ0n) is 15.9. The van der Waals surface area contributed by atoms with Gasteiger partial charge < -0.3 is 9.30 Å². The molecule has 0 unspecified atom stereocenters. The molecule has 0 amide bonds. The summed E-state index contributed by atoms with van der Waals surface area (Å²) in [5.74, 6) is 0.808. The Morgan fingerprint density at radius 1 is 1.19 bits per heavy atom. The second-order valence-corrected chi connectivity index (χ2v) is 8.40. The average molecular weight is 369 g/mol. The van der Waals surface area contributed by atoms with Gasteiger partial charge in [0.2, 0.25) is 0 Å². The normalized spacial score (nSPS) is 11.6. The van der Waals surface area contributed by atoms with Crippen LogP contribution in [0.2, 0.25) is 0 Å². The number of rotatable bonds is 4. The molecule has 0 spiro atoms. The molecule has 0 aliphatic carbocycles. The van der Waals surface area contributed by atoms with Gasteiger partial charge in [-0.15, -0.1) is 11.3 Å². The Morgan fingerprint density at radius 3 is 2.62 bits per heavy atom. The summed E-state index contributed by atoms with van der Waals surface area (Å²) in [6.45, 7) is 8.96. The maximum absolute atomic E-state index is 12.1. The third-order valence-electron chi connectivity index (χ3n) is 4.35. The van der Waals surface area contributed by atoms with Crippen molar-refractivity contribution < 1.29 is 4.74 Å². The summed E-state index contributed by atoms with van der Waals surface area (Å²) < 4.78 is 7.22. The van der Waals surface area contributed by atoms with E-state index in [-0.39, 0.29) is 11.0 Å². The molecular formula is C21H24N2O2S. The maximum atomic E-state index is 12.1. The van der Waals surface area contributed by atoms with Crippen molar-refractivity contribution in [3.8, 4) is 17.0 Å². The number of hydrogen-bond donors (Lipinski definition) is 0. The lowest BCUT2D eigenvalue weighted by Crippen LogP contribution is -2.19. The van der Waals surface area contributed by atoms with E-state index < -0.39 is 0 Å². The summed E-state index contributed by atoms with van der Waals surface area (Å²) >= 11 is 1.56. The number of benzene rings is 1. The van der Waals surface area contributed by atoms with Crippen molar-refractivity contribution in [3.63, 3.8) is 0 Å². The minimum absolute atomic E-state index is 0.00550. The number of nitrogens with zero attached hydrogens (tertiary/aromatic N) is 2. The molecule has 0 aliphatic rings. The minimum Gasteiger partial charge on any atom is -0.496 e. The highest BCUT2D eigenvalue weighted by Crippen LogP contribution is 2.35. The Balaban J connectivity index is 1.95. The van der Waals surface area contributed by atoms with E-state index in [2.05, 4.69) is 32.9 Å². The highest BCUT2D eigenvalue weighted by Gasteiger charge is 2.18. The molecule has 0 atom stereocenters. The van der Waals surface area contributed by atoms with Crippen LogP contribution in [0.4, 0.5) is 0 Å². The van der Waals surface area contributed by atoms with Crippen LogP contribution < -0.4 is 10.3 Å². The standard InChI is InChI=1S/C21H24N2O2S/c1-14-8-9-23(20(24)10-14)12-19-22-17(13-26-19)16-11-15(21(2,3)4)6-7-18(16)25-5/h6-11,13H,12H2,1-5H3. The van der Waals surface area contributed by atoms with Gasteiger partial charge in [-0.05, 0) is 41.7 Å². The van der Waals surface area contributed by atoms with Gasteiger partial charge in [-0.2, -0.15) is 0 Å². The lowest BCUT2D eigenvalue weighted by atomic mass is 9.86. The van der Waals surface area contributed by atoms with E-state index >= 15 is 0 Å². The molecule has 0 saturated heterocycles. The molecule has 0 bridgehead atoms. The zero-order chi connectivity index (χ0) is 18.9. The SMILES string of the molecule is COc1ccc(C(C)(C)C)cc1-c1csc(Cn2ccc(C)cc2=O)n1. The number of aryl methyl sites for hydroxylation is 1. The van der Waals surface area contributed by atoms with Crippen LogP contribution in [0.5, 0.6) is 5.75 Å². The van der Waals surface area contributed by atoms with E-state index in [4.69, 9.17) is 9.72 Å². The fraction of sp³-hybridized carbons (Fsp3) is 0.333. The number of pyridine rings is 1. The summed E-state index contributed by atoms with van der Waals surface area (Å²) in [5, 5.41) is 2.92. The number of hydrogen-bond acceptors (Lipinski definition) is 4. The summed E-state index contributed by atoms with van der Waals surface area (Å²) in [7, 11) is 1.68. The maximum Gasteiger partial charge on any atom is 0.251 e. The van der Waals surface area contributed by atoms with Gasteiger partial charge in [-0.1, -0.05) is 26.8 Å². The van der Waals surface area contributed by atoms with E-state index in [1.54, 1.807) is 29.1 Å². The predicted molar refractivity (Wildman–Crippen MR) is 107 cm³/mol. The minimum atomic E-state index is -0.00550. The van der Waals surface area contributed by atoms with Crippen molar-refractivity contribution in [1.82, 2.24) is 9.55 Å². The van der Waals surface area contributed by atoms with Gasteiger partial charge in [-0.25, -0.2) is 4.98 Å². The second kappa shape index (κ2) is 7.08. The van der Waals surface area contributed by atoms with Gasteiger partial charge in [0.1, 0.15) is 10.8 Å². The molecule has 5 heteroatoms. The monoisotopic (exact) mass is 368 g/mol. The van der Waals surface area contributed by atoms with Gasteiger partial charge in [0, 0.05) is 23.2 Å². The van der Waals surface area contributed by atoms with Gasteiger partial charge in [-0.3, -0.25) is 4.79 Å². The first kappa shape index (κ1) is 18.4. The Morgan fingerprint density at radius 2 is 1.96 bits per heavy atom. The zero-order valence-corrected chi connectivity index (χ0v) is 16.7. The smallest absolute Gasteiger partial charge is 0.251 e. The van der Waals surface area contributed by atoms with E-state index in [0.717, 1.165) is 27.6 Å². The van der Waals surface area contributed by atoms with Crippen LogP contribution in [-0.2, 0) is 12.0 Å². The van der Waals surface area contributed by atoms with Crippen molar-refractivity contribution in [2.45, 2.75) is 39.7 Å². The Labute approximate surface area is 158 Å². The van der Waals surface area contributed by atoms with E-state index in [1.807, 2.05) is 30.6 Å². The van der Waals surface area contributed by atoms with Crippen LogP contribution >= 0.6 is 11.3 Å². The molecular weight excluding hydrogens is 344 g/mol. The molecule has 3 aromatic rings. The average Bonchev–Trinajstić information content (AvgIpc) is 3.04. The van der Waals surface area contributed by atoms with Crippen molar-refractivity contribution in [2.24, 2.45) is 0 Å². The molecule has 2 aromatic heterocycles. The highest BCUT2D eigenvalue weighted by molar-refractivity contribution is 7.09. The van der Waals surface area contributed by atoms with Crippen LogP contribution in [0.3, 0.4) is 0 Å². The van der Waals surface area contributed by atoms with Crippen molar-refractivity contribution in [2.75, 3.05) is 7.11 Å². The Bertz CT molecular complexity index is 980. The molecule has 0 aliphatic heterocycles. The highest BCUT2D eigenvalue weighted by atomic mass is 32.1. The van der Waals surface area contributed by atoms with Crippen LogP contribution in [0.1, 0.15) is 36.9 Å². The quantitative estimate of drug-likeness (QED) is 0.674. The van der Waals surface area contributed by atoms with Crippen LogP contribution in [0.15, 0.2) is 46.7 Å². The number of methoxy groups -OCH3 is 1. The lowest BCUT2D eigenvalue weighted by molar-refractivity contribution is 0.415. The van der Waals surface area contributed by atoms with Crippen molar-refractivity contribution in [1.29, 1.82) is 0 Å². The summed E-state index contributed by atoms with van der Waals surface area (Å²) in [6.07, 6.45) is 1.82. The number of aromatic nitrogens is 2. The van der Waals surface area contributed by atoms with E-state index in [0.29, 0.717) is 6.54 Å². The third kappa shape index (κ3) is 3.88. The van der Waals surface area contributed by atoms with Crippen LogP contribution in [-0.4, -0.2) is 16.7 Å².